The third kappa shape index (κ3) is 6.04. The van der Waals surface area contributed by atoms with Crippen LogP contribution in [0.2, 0.25) is 0 Å². The molecule has 1 aromatic carbocycles. The number of hydrogen-bond donors (Lipinski definition) is 3. The molecule has 2 amide bonds. The minimum absolute atomic E-state index is 0. The second-order valence-corrected chi connectivity index (χ2v) is 4.54. The minimum Gasteiger partial charge on any atom is -0.344 e. The van der Waals surface area contributed by atoms with Crippen molar-refractivity contribution in [1.82, 2.24) is 10.6 Å². The Labute approximate surface area is 125 Å². The summed E-state index contributed by atoms with van der Waals surface area (Å²) in [6.45, 7) is 4.06. The zero-order chi connectivity index (χ0) is 14.3. The monoisotopic (exact) mass is 299 g/mol. The lowest BCUT2D eigenvalue weighted by Crippen LogP contribution is -2.45. The summed E-state index contributed by atoms with van der Waals surface area (Å²) in [4.78, 5) is 23.7. The molecule has 0 radical (unpaired) electrons. The second kappa shape index (κ2) is 9.34. The van der Waals surface area contributed by atoms with E-state index in [0.29, 0.717) is 6.54 Å². The fraction of sp³-hybridized carbons (Fsp3) is 0.429. The van der Waals surface area contributed by atoms with Crippen LogP contribution in [0.1, 0.15) is 13.8 Å². The summed E-state index contributed by atoms with van der Waals surface area (Å²) in [5.74, 6) is -0.529. The highest BCUT2D eigenvalue weighted by atomic mass is 35.5. The van der Waals surface area contributed by atoms with Crippen LogP contribution in [0, 0.1) is 5.92 Å². The van der Waals surface area contributed by atoms with E-state index in [9.17, 15) is 9.59 Å². The van der Waals surface area contributed by atoms with Gasteiger partial charge in [-0.05, 0) is 26.1 Å². The van der Waals surface area contributed by atoms with E-state index >= 15 is 0 Å². The van der Waals surface area contributed by atoms with Crippen LogP contribution in [0.3, 0.4) is 0 Å². The van der Waals surface area contributed by atoms with Crippen LogP contribution in [0.25, 0.3) is 0 Å². The molecule has 20 heavy (non-hydrogen) atoms. The number of amides is 2. The first-order chi connectivity index (χ1) is 9.04. The molecule has 1 rings (SSSR count). The number of nitrogens with one attached hydrogen (secondary N) is 3. The maximum atomic E-state index is 11.9. The molecule has 0 saturated heterocycles. The number of benzene rings is 1. The molecule has 0 aliphatic heterocycles. The topological polar surface area (TPSA) is 70.2 Å². The molecule has 0 saturated carbocycles. The van der Waals surface area contributed by atoms with Crippen LogP contribution in [0.5, 0.6) is 0 Å². The number of halogens is 1. The van der Waals surface area contributed by atoms with Gasteiger partial charge in [-0.1, -0.05) is 25.1 Å². The molecule has 0 spiro atoms. The van der Waals surface area contributed by atoms with Crippen molar-refractivity contribution >= 4 is 29.9 Å². The van der Waals surface area contributed by atoms with Crippen molar-refractivity contribution in [2.75, 3.05) is 18.9 Å². The van der Waals surface area contributed by atoms with E-state index in [-0.39, 0.29) is 30.1 Å². The summed E-state index contributed by atoms with van der Waals surface area (Å²) < 4.78 is 0. The Bertz CT molecular complexity index is 426. The zero-order valence-electron chi connectivity index (χ0n) is 12.0. The standard InChI is InChI=1S/C14H21N3O2.ClH/c1-10(9-15-3)13(18)16-11(2)14(19)17-12-7-5-4-6-8-12;/h4-8,10-11,15H,9H2,1-3H3,(H,16,18)(H,17,19);1H. The van der Waals surface area contributed by atoms with Gasteiger partial charge in [-0.15, -0.1) is 12.4 Å². The number of carbonyl (C=O) groups excluding carboxylic acids is 2. The predicted molar refractivity (Wildman–Crippen MR) is 83.0 cm³/mol. The lowest BCUT2D eigenvalue weighted by molar-refractivity contribution is -0.128. The Morgan fingerprint density at radius 2 is 1.70 bits per heavy atom. The summed E-state index contributed by atoms with van der Waals surface area (Å²) in [5, 5.41) is 8.37. The summed E-state index contributed by atoms with van der Waals surface area (Å²) in [6, 6.07) is 8.60. The van der Waals surface area contributed by atoms with Crippen molar-refractivity contribution in [3.63, 3.8) is 0 Å². The predicted octanol–water partition coefficient (Wildman–Crippen LogP) is 1.41. The van der Waals surface area contributed by atoms with E-state index < -0.39 is 6.04 Å². The van der Waals surface area contributed by atoms with Crippen molar-refractivity contribution in [3.05, 3.63) is 30.3 Å². The van der Waals surface area contributed by atoms with Gasteiger partial charge in [0.25, 0.3) is 0 Å². The van der Waals surface area contributed by atoms with E-state index in [1.165, 1.54) is 0 Å². The summed E-state index contributed by atoms with van der Waals surface area (Å²) >= 11 is 0. The Kier molecular flexibility index (Phi) is 8.59. The van der Waals surface area contributed by atoms with Crippen molar-refractivity contribution in [1.29, 1.82) is 0 Å². The third-order valence-corrected chi connectivity index (χ3v) is 2.75. The zero-order valence-corrected chi connectivity index (χ0v) is 12.8. The summed E-state index contributed by atoms with van der Waals surface area (Å²) in [7, 11) is 1.79. The first kappa shape index (κ1) is 18.4. The van der Waals surface area contributed by atoms with Crippen molar-refractivity contribution in [2.24, 2.45) is 5.92 Å². The fourth-order valence-corrected chi connectivity index (χ4v) is 1.59. The molecule has 1 aromatic rings. The largest absolute Gasteiger partial charge is 0.344 e. The molecule has 5 nitrogen and oxygen atoms in total. The molecule has 3 N–H and O–H groups in total. The number of hydrogen-bond acceptors (Lipinski definition) is 3. The highest BCUT2D eigenvalue weighted by Crippen LogP contribution is 2.05. The molecule has 0 heterocycles. The van der Waals surface area contributed by atoms with Gasteiger partial charge in [0.2, 0.25) is 11.8 Å². The van der Waals surface area contributed by atoms with Gasteiger partial charge in [-0.2, -0.15) is 0 Å². The lowest BCUT2D eigenvalue weighted by Gasteiger charge is -2.17. The summed E-state index contributed by atoms with van der Waals surface area (Å²) in [5.41, 5.74) is 0.719. The van der Waals surface area contributed by atoms with E-state index in [1.54, 1.807) is 26.1 Å². The van der Waals surface area contributed by atoms with Gasteiger partial charge in [0.05, 0.1) is 0 Å². The molecular weight excluding hydrogens is 278 g/mol. The van der Waals surface area contributed by atoms with Gasteiger partial charge >= 0.3 is 0 Å². The Morgan fingerprint density at radius 3 is 2.25 bits per heavy atom. The molecular formula is C14H22ClN3O2. The Balaban J connectivity index is 0.00000361. The number of rotatable bonds is 6. The smallest absolute Gasteiger partial charge is 0.246 e. The van der Waals surface area contributed by atoms with Gasteiger partial charge in [0, 0.05) is 18.2 Å². The van der Waals surface area contributed by atoms with Crippen molar-refractivity contribution in [2.45, 2.75) is 19.9 Å². The minimum atomic E-state index is -0.563. The highest BCUT2D eigenvalue weighted by Gasteiger charge is 2.19. The molecule has 0 aliphatic rings. The Hall–Kier alpha value is -1.59. The maximum absolute atomic E-state index is 11.9. The van der Waals surface area contributed by atoms with Crippen molar-refractivity contribution in [3.8, 4) is 0 Å². The van der Waals surface area contributed by atoms with E-state index in [0.717, 1.165) is 5.69 Å². The van der Waals surface area contributed by atoms with Gasteiger partial charge < -0.3 is 16.0 Å². The molecule has 2 unspecified atom stereocenters. The number of carbonyl (C=O) groups is 2. The Morgan fingerprint density at radius 1 is 1.10 bits per heavy atom. The van der Waals surface area contributed by atoms with Crippen molar-refractivity contribution < 1.29 is 9.59 Å². The molecule has 0 aliphatic carbocycles. The molecule has 0 bridgehead atoms. The first-order valence-electron chi connectivity index (χ1n) is 6.35. The van der Waals surface area contributed by atoms with Crippen LogP contribution >= 0.6 is 12.4 Å². The second-order valence-electron chi connectivity index (χ2n) is 4.54. The van der Waals surface area contributed by atoms with Gasteiger partial charge in [0.15, 0.2) is 0 Å². The number of anilines is 1. The summed E-state index contributed by atoms with van der Waals surface area (Å²) in [6.07, 6.45) is 0. The van der Waals surface area contributed by atoms with Gasteiger partial charge in [-0.3, -0.25) is 9.59 Å². The van der Waals surface area contributed by atoms with Crippen LogP contribution in [0.4, 0.5) is 5.69 Å². The third-order valence-electron chi connectivity index (χ3n) is 2.75. The molecule has 0 aromatic heterocycles. The van der Waals surface area contributed by atoms with E-state index in [4.69, 9.17) is 0 Å². The van der Waals surface area contributed by atoms with Crippen LogP contribution in [0.15, 0.2) is 30.3 Å². The average molecular weight is 300 g/mol. The SMILES string of the molecule is CNCC(C)C(=O)NC(C)C(=O)Nc1ccccc1.Cl. The quantitative estimate of drug-likeness (QED) is 0.744. The maximum Gasteiger partial charge on any atom is 0.246 e. The molecule has 6 heteroatoms. The van der Waals surface area contributed by atoms with Crippen LogP contribution in [-0.2, 0) is 9.59 Å². The average Bonchev–Trinajstić information content (AvgIpc) is 2.40. The van der Waals surface area contributed by atoms with Crippen LogP contribution in [-0.4, -0.2) is 31.4 Å². The molecule has 112 valence electrons. The number of para-hydroxylation sites is 1. The lowest BCUT2D eigenvalue weighted by atomic mass is 10.1. The highest BCUT2D eigenvalue weighted by molar-refractivity contribution is 5.97. The van der Waals surface area contributed by atoms with Gasteiger partial charge in [0.1, 0.15) is 6.04 Å². The van der Waals surface area contributed by atoms with Crippen LogP contribution < -0.4 is 16.0 Å². The van der Waals surface area contributed by atoms with Gasteiger partial charge in [-0.25, -0.2) is 0 Å². The molecule has 0 fully saturated rings. The van der Waals surface area contributed by atoms with E-state index in [1.807, 2.05) is 25.1 Å². The first-order valence-corrected chi connectivity index (χ1v) is 6.35. The molecule has 2 atom stereocenters. The normalized spacial score (nSPS) is 12.8. The fourth-order valence-electron chi connectivity index (χ4n) is 1.59. The van der Waals surface area contributed by atoms with E-state index in [2.05, 4.69) is 16.0 Å².